The molecule has 1 aliphatic heterocycles. The Morgan fingerprint density at radius 3 is 2.71 bits per heavy atom. The van der Waals surface area contributed by atoms with Crippen LogP contribution in [-0.2, 0) is 22.4 Å². The number of benzene rings is 2. The van der Waals surface area contributed by atoms with Crippen molar-refractivity contribution in [3.8, 4) is 0 Å². The van der Waals surface area contributed by atoms with Gasteiger partial charge in [0.2, 0.25) is 5.91 Å². The van der Waals surface area contributed by atoms with Crippen molar-refractivity contribution >= 4 is 34.5 Å². The van der Waals surface area contributed by atoms with Crippen molar-refractivity contribution in [3.05, 3.63) is 65.9 Å². The molecule has 3 aromatic rings. The average molecular weight is 420 g/mol. The summed E-state index contributed by atoms with van der Waals surface area (Å²) in [6.45, 7) is 1.74. The third-order valence-electron chi connectivity index (χ3n) is 5.58. The van der Waals surface area contributed by atoms with Gasteiger partial charge in [-0.1, -0.05) is 36.4 Å². The number of nitrogens with zero attached hydrogens (tertiary/aromatic N) is 1. The predicted molar refractivity (Wildman–Crippen MR) is 117 cm³/mol. The molecule has 2 atom stereocenters. The molecule has 2 heterocycles. The molecule has 0 saturated heterocycles. The van der Waals surface area contributed by atoms with E-state index in [4.69, 9.17) is 0 Å². The Hall–Kier alpha value is -3.81. The van der Waals surface area contributed by atoms with E-state index in [9.17, 15) is 19.5 Å². The van der Waals surface area contributed by atoms with E-state index in [1.807, 2.05) is 55.5 Å². The fourth-order valence-corrected chi connectivity index (χ4v) is 4.12. The van der Waals surface area contributed by atoms with Crippen LogP contribution in [0.5, 0.6) is 0 Å². The Morgan fingerprint density at radius 2 is 1.90 bits per heavy atom. The summed E-state index contributed by atoms with van der Waals surface area (Å²) in [4.78, 5) is 41.5. The van der Waals surface area contributed by atoms with Crippen LogP contribution in [0.2, 0.25) is 0 Å². The first-order valence-corrected chi connectivity index (χ1v) is 10.2. The number of carboxylic acid groups (broad SMARTS) is 1. The quantitative estimate of drug-likeness (QED) is 0.490. The van der Waals surface area contributed by atoms with Crippen molar-refractivity contribution in [2.75, 3.05) is 11.4 Å². The number of carbonyl (C=O) groups is 3. The largest absolute Gasteiger partial charge is 0.480 e. The van der Waals surface area contributed by atoms with Crippen LogP contribution in [0.1, 0.15) is 18.1 Å². The fraction of sp³-hybridized carbons (Fsp3) is 0.261. The molecule has 8 nitrogen and oxygen atoms in total. The highest BCUT2D eigenvalue weighted by Gasteiger charge is 2.30. The number of nitrogens with one attached hydrogen (secondary N) is 3. The number of fused-ring (bicyclic) bond motifs is 2. The van der Waals surface area contributed by atoms with Gasteiger partial charge in [-0.25, -0.2) is 9.59 Å². The number of hydrogen-bond acceptors (Lipinski definition) is 3. The minimum Gasteiger partial charge on any atom is -0.480 e. The molecule has 0 bridgehead atoms. The highest BCUT2D eigenvalue weighted by Crippen LogP contribution is 2.31. The van der Waals surface area contributed by atoms with E-state index in [2.05, 4.69) is 15.6 Å². The van der Waals surface area contributed by atoms with Crippen LogP contribution in [0.4, 0.5) is 10.5 Å². The number of aliphatic carboxylic acids is 1. The van der Waals surface area contributed by atoms with E-state index < -0.39 is 18.0 Å². The molecular weight excluding hydrogens is 396 g/mol. The fourth-order valence-electron chi connectivity index (χ4n) is 4.12. The highest BCUT2D eigenvalue weighted by atomic mass is 16.4. The van der Waals surface area contributed by atoms with Crippen LogP contribution >= 0.6 is 0 Å². The van der Waals surface area contributed by atoms with Crippen molar-refractivity contribution in [1.29, 1.82) is 0 Å². The van der Waals surface area contributed by atoms with Crippen LogP contribution in [-0.4, -0.2) is 46.6 Å². The van der Waals surface area contributed by atoms with Crippen LogP contribution < -0.4 is 15.5 Å². The molecule has 1 aliphatic rings. The zero-order valence-electron chi connectivity index (χ0n) is 17.1. The van der Waals surface area contributed by atoms with E-state index in [-0.39, 0.29) is 24.9 Å². The number of aromatic nitrogens is 1. The highest BCUT2D eigenvalue weighted by molar-refractivity contribution is 5.99. The van der Waals surface area contributed by atoms with E-state index in [0.29, 0.717) is 0 Å². The summed E-state index contributed by atoms with van der Waals surface area (Å²) in [5.74, 6) is -1.38. The lowest BCUT2D eigenvalue weighted by Crippen LogP contribution is -2.50. The molecule has 0 spiro atoms. The molecule has 31 heavy (non-hydrogen) atoms. The number of rotatable bonds is 6. The van der Waals surface area contributed by atoms with E-state index in [0.717, 1.165) is 34.1 Å². The van der Waals surface area contributed by atoms with Crippen LogP contribution in [0.25, 0.3) is 10.9 Å². The van der Waals surface area contributed by atoms with Crippen LogP contribution in [0, 0.1) is 0 Å². The molecule has 0 aliphatic carbocycles. The van der Waals surface area contributed by atoms with Gasteiger partial charge in [0.05, 0.1) is 6.54 Å². The summed E-state index contributed by atoms with van der Waals surface area (Å²) in [6, 6.07) is 13.4. The lowest BCUT2D eigenvalue weighted by Gasteiger charge is -2.23. The number of carboxylic acids is 1. The van der Waals surface area contributed by atoms with Gasteiger partial charge in [-0.2, -0.15) is 0 Å². The van der Waals surface area contributed by atoms with Gasteiger partial charge in [0.25, 0.3) is 0 Å². The molecule has 4 rings (SSSR count). The third kappa shape index (κ3) is 4.23. The van der Waals surface area contributed by atoms with E-state index in [1.165, 1.54) is 0 Å². The van der Waals surface area contributed by atoms with Gasteiger partial charge in [-0.3, -0.25) is 4.79 Å². The molecular formula is C23H24N4O4. The standard InChI is InChI=1S/C23H24N4O4/c1-14-10-15-6-2-5-9-20(15)27(14)21(28)13-25-23(31)26-19(22(29)30)11-16-12-24-18-8-4-3-7-17(16)18/h2-9,12,14,19,24H,10-11,13H2,1H3,(H,29,30)(H2,25,26,31)/t14-,19-/m1/s1. The third-order valence-corrected chi connectivity index (χ3v) is 5.58. The van der Waals surface area contributed by atoms with E-state index >= 15 is 0 Å². The zero-order valence-corrected chi connectivity index (χ0v) is 17.1. The lowest BCUT2D eigenvalue weighted by atomic mass is 10.1. The summed E-state index contributed by atoms with van der Waals surface area (Å²) in [6.07, 6.45) is 2.63. The summed E-state index contributed by atoms with van der Waals surface area (Å²) in [5.41, 5.74) is 3.64. The maximum Gasteiger partial charge on any atom is 0.326 e. The van der Waals surface area contributed by atoms with Gasteiger partial charge in [0.15, 0.2) is 0 Å². The van der Waals surface area contributed by atoms with E-state index in [1.54, 1.807) is 11.1 Å². The van der Waals surface area contributed by atoms with Gasteiger partial charge >= 0.3 is 12.0 Å². The first kappa shape index (κ1) is 20.5. The number of H-pyrrole nitrogens is 1. The smallest absolute Gasteiger partial charge is 0.326 e. The second-order valence-electron chi connectivity index (χ2n) is 7.73. The SMILES string of the molecule is C[C@@H]1Cc2ccccc2N1C(=O)CNC(=O)N[C@H](Cc1c[nH]c2ccccc12)C(=O)O. The van der Waals surface area contributed by atoms with Crippen molar-refractivity contribution in [3.63, 3.8) is 0 Å². The second kappa shape index (κ2) is 8.51. The number of carbonyl (C=O) groups excluding carboxylic acids is 2. The Bertz CT molecular complexity index is 1140. The Labute approximate surface area is 179 Å². The predicted octanol–water partition coefficient (Wildman–Crippen LogP) is 2.44. The van der Waals surface area contributed by atoms with Gasteiger partial charge in [-0.05, 0) is 36.6 Å². The lowest BCUT2D eigenvalue weighted by molar-refractivity contribution is -0.139. The minimum absolute atomic E-state index is 0.00315. The van der Waals surface area contributed by atoms with Crippen LogP contribution in [0.3, 0.4) is 0 Å². The Balaban J connectivity index is 1.37. The van der Waals surface area contributed by atoms with Crippen molar-refractivity contribution in [2.24, 2.45) is 0 Å². The molecule has 0 saturated carbocycles. The topological polar surface area (TPSA) is 115 Å². The zero-order chi connectivity index (χ0) is 22.0. The van der Waals surface area contributed by atoms with Gasteiger partial charge in [0.1, 0.15) is 6.04 Å². The average Bonchev–Trinajstić information content (AvgIpc) is 3.31. The maximum atomic E-state index is 12.7. The Morgan fingerprint density at radius 1 is 1.16 bits per heavy atom. The Kier molecular flexibility index (Phi) is 5.62. The van der Waals surface area contributed by atoms with Crippen LogP contribution in [0.15, 0.2) is 54.7 Å². The van der Waals surface area contributed by atoms with Crippen molar-refractivity contribution in [1.82, 2.24) is 15.6 Å². The monoisotopic (exact) mass is 420 g/mol. The number of anilines is 1. The maximum absolute atomic E-state index is 12.7. The van der Waals surface area contributed by atoms with Gasteiger partial charge in [0, 0.05) is 35.2 Å². The van der Waals surface area contributed by atoms with Crippen molar-refractivity contribution in [2.45, 2.75) is 31.8 Å². The van der Waals surface area contributed by atoms with Crippen molar-refractivity contribution < 1.29 is 19.5 Å². The first-order chi connectivity index (χ1) is 14.9. The molecule has 0 fully saturated rings. The number of para-hydroxylation sites is 2. The molecule has 0 unspecified atom stereocenters. The summed E-state index contributed by atoms with van der Waals surface area (Å²) in [7, 11) is 0. The molecule has 160 valence electrons. The summed E-state index contributed by atoms with van der Waals surface area (Å²) in [5, 5.41) is 15.4. The molecule has 1 aromatic heterocycles. The molecule has 2 aromatic carbocycles. The normalized spacial score (nSPS) is 16.0. The molecule has 0 radical (unpaired) electrons. The molecule has 3 amide bonds. The minimum atomic E-state index is -1.14. The number of hydrogen-bond donors (Lipinski definition) is 4. The summed E-state index contributed by atoms with van der Waals surface area (Å²) >= 11 is 0. The molecule has 8 heteroatoms. The number of amides is 3. The first-order valence-electron chi connectivity index (χ1n) is 10.2. The molecule has 4 N–H and O–H groups in total. The van der Waals surface area contributed by atoms with Gasteiger partial charge in [-0.15, -0.1) is 0 Å². The number of aromatic amines is 1. The van der Waals surface area contributed by atoms with Gasteiger partial charge < -0.3 is 25.6 Å². The number of urea groups is 1. The second-order valence-corrected chi connectivity index (χ2v) is 7.73. The summed E-state index contributed by atoms with van der Waals surface area (Å²) < 4.78 is 0.